The Labute approximate surface area is 186 Å². The summed E-state index contributed by atoms with van der Waals surface area (Å²) < 4.78 is 21.5. The van der Waals surface area contributed by atoms with Crippen molar-refractivity contribution in [2.75, 3.05) is 11.2 Å². The van der Waals surface area contributed by atoms with E-state index < -0.39 is 16.7 Å². The molecule has 0 radical (unpaired) electrons. The lowest BCUT2D eigenvalue weighted by Crippen LogP contribution is -2.30. The minimum Gasteiger partial charge on any atom is -0.771 e. The highest BCUT2D eigenvalue weighted by atomic mass is 32.2. The Morgan fingerprint density at radius 3 is 2.48 bits per heavy atom. The number of hydrogen-bond acceptors (Lipinski definition) is 5. The molecule has 2 aromatic carbocycles. The lowest BCUT2D eigenvalue weighted by molar-refractivity contribution is -0.123. The number of aryl methyl sites for hydroxylation is 1. The van der Waals surface area contributed by atoms with Crippen LogP contribution in [-0.4, -0.2) is 25.7 Å². The molecule has 0 aliphatic heterocycles. The summed E-state index contributed by atoms with van der Waals surface area (Å²) in [6, 6.07) is 13.4. The molecule has 3 rings (SSSR count). The Bertz CT molecular complexity index is 984. The van der Waals surface area contributed by atoms with E-state index in [1.165, 1.54) is 0 Å². The van der Waals surface area contributed by atoms with Gasteiger partial charge in [0.25, 0.3) is 0 Å². The molecule has 0 bridgehead atoms. The van der Waals surface area contributed by atoms with Gasteiger partial charge in [-0.15, -0.1) is 0 Å². The first-order chi connectivity index (χ1) is 14.4. The number of anilines is 1. The summed E-state index contributed by atoms with van der Waals surface area (Å²) in [6.45, 7) is 9.47. The molecule has 3 N–H and O–H groups in total. The number of rotatable bonds is 8. The first-order valence-electron chi connectivity index (χ1n) is 10.5. The number of carbonyl (C=O) groups excluding carboxylic acids is 1. The second-order valence-electron chi connectivity index (χ2n) is 9.24. The van der Waals surface area contributed by atoms with Gasteiger partial charge in [0.1, 0.15) is 0 Å². The summed E-state index contributed by atoms with van der Waals surface area (Å²) in [5, 5.41) is 16.1. The van der Waals surface area contributed by atoms with Crippen LogP contribution in [0.4, 0.5) is 5.69 Å². The van der Waals surface area contributed by atoms with E-state index in [-0.39, 0.29) is 29.2 Å². The van der Waals surface area contributed by atoms with E-state index in [2.05, 4.69) is 17.6 Å². The van der Waals surface area contributed by atoms with Gasteiger partial charge in [-0.1, -0.05) is 43.3 Å². The van der Waals surface area contributed by atoms with Gasteiger partial charge >= 0.3 is 0 Å². The van der Waals surface area contributed by atoms with Gasteiger partial charge in [0.15, 0.2) is 0 Å². The van der Waals surface area contributed by atoms with Crippen molar-refractivity contribution < 1.29 is 18.7 Å². The smallest absolute Gasteiger partial charge is 0.224 e. The van der Waals surface area contributed by atoms with Crippen LogP contribution in [0.15, 0.2) is 42.5 Å². The van der Waals surface area contributed by atoms with Crippen molar-refractivity contribution in [3.63, 3.8) is 0 Å². The maximum absolute atomic E-state index is 12.9. The van der Waals surface area contributed by atoms with Gasteiger partial charge in [-0.25, -0.2) is 0 Å². The van der Waals surface area contributed by atoms with Gasteiger partial charge in [-0.05, 0) is 73.5 Å². The Morgan fingerprint density at radius 2 is 1.94 bits per heavy atom. The summed E-state index contributed by atoms with van der Waals surface area (Å²) >= 11 is -2.15. The second-order valence-corrected chi connectivity index (χ2v) is 10.1. The van der Waals surface area contributed by atoms with Crippen molar-refractivity contribution in [2.45, 2.75) is 58.1 Å². The third-order valence-corrected chi connectivity index (χ3v) is 6.67. The molecule has 1 saturated carbocycles. The monoisotopic (exact) mass is 443 g/mol. The maximum Gasteiger partial charge on any atom is 0.224 e. The largest absolute Gasteiger partial charge is 0.771 e. The minimum absolute atomic E-state index is 0.0307. The average Bonchev–Trinajstić information content (AvgIpc) is 3.39. The molecule has 1 aliphatic carbocycles. The van der Waals surface area contributed by atoms with Crippen LogP contribution in [0.3, 0.4) is 0 Å². The molecule has 6 nitrogen and oxygen atoms in total. The topological polar surface area (TPSA) is 101 Å². The summed E-state index contributed by atoms with van der Waals surface area (Å²) in [5.41, 5.74) is 3.53. The molecule has 2 aromatic rings. The quantitative estimate of drug-likeness (QED) is 0.541. The summed E-state index contributed by atoms with van der Waals surface area (Å²) in [6.07, 6.45) is 0.793. The van der Waals surface area contributed by atoms with Crippen molar-refractivity contribution in [1.29, 1.82) is 0 Å². The van der Waals surface area contributed by atoms with Crippen molar-refractivity contribution in [2.24, 2.45) is 5.92 Å². The maximum atomic E-state index is 12.9. The van der Waals surface area contributed by atoms with Crippen LogP contribution in [0, 0.1) is 12.8 Å². The van der Waals surface area contributed by atoms with E-state index in [0.29, 0.717) is 0 Å². The van der Waals surface area contributed by atoms with Crippen LogP contribution < -0.4 is 10.6 Å². The normalized spacial score (nSPS) is 22.5. The molecule has 0 heterocycles. The van der Waals surface area contributed by atoms with Crippen molar-refractivity contribution in [3.8, 4) is 0 Å². The Hall–Kier alpha value is -2.22. The average molecular weight is 444 g/mol. The highest BCUT2D eigenvalue weighted by molar-refractivity contribution is 7.79. The minimum atomic E-state index is -2.15. The zero-order valence-corrected chi connectivity index (χ0v) is 19.5. The van der Waals surface area contributed by atoms with Crippen molar-refractivity contribution >= 4 is 22.7 Å². The molecule has 168 valence electrons. The Kier molecular flexibility index (Phi) is 6.60. The van der Waals surface area contributed by atoms with E-state index in [1.54, 1.807) is 13.8 Å². The first-order valence-corrected chi connectivity index (χ1v) is 11.7. The van der Waals surface area contributed by atoms with Gasteiger partial charge in [0.2, 0.25) is 5.91 Å². The number of carbonyl (C=O) groups is 1. The summed E-state index contributed by atoms with van der Waals surface area (Å²) in [4.78, 5) is 12.9. The van der Waals surface area contributed by atoms with Crippen LogP contribution in [0.1, 0.15) is 62.4 Å². The first kappa shape index (κ1) is 23.4. The molecule has 1 amide bonds. The van der Waals surface area contributed by atoms with E-state index in [0.717, 1.165) is 34.4 Å². The zero-order chi connectivity index (χ0) is 23.0. The number of amides is 1. The highest BCUT2D eigenvalue weighted by Gasteiger charge is 2.55. The third-order valence-electron chi connectivity index (χ3n) is 6.29. The van der Waals surface area contributed by atoms with Crippen molar-refractivity contribution in [3.05, 3.63) is 64.7 Å². The fourth-order valence-electron chi connectivity index (χ4n) is 4.01. The summed E-state index contributed by atoms with van der Waals surface area (Å²) in [5.74, 6) is -0.191. The standard InChI is InChI=1S/C24H32N2O4S/c1-15-12-17(6-11-21(15)25-14-31(29)30)16(2)26-22(27)20-13-24(20,5)19-9-7-18(8-10-19)23(3,4)28/h6-12,16,20,25,28H,13-14H2,1-5H3,(H,26,27)(H,29,30)/p-1/t16-,20?,24?/m1/s1. The lowest BCUT2D eigenvalue weighted by Gasteiger charge is -2.20. The number of nitrogens with one attached hydrogen (secondary N) is 2. The predicted molar refractivity (Wildman–Crippen MR) is 122 cm³/mol. The molecule has 0 saturated heterocycles. The van der Waals surface area contributed by atoms with Gasteiger partial charge in [-0.2, -0.15) is 0 Å². The van der Waals surface area contributed by atoms with Crippen LogP contribution in [0.25, 0.3) is 0 Å². The SMILES string of the molecule is Cc1cc([C@@H](C)NC(=O)C2CC2(C)c2ccc(C(C)(C)O)cc2)ccc1NCS(=O)[O-]. The number of hydrogen-bond donors (Lipinski definition) is 3. The van der Waals surface area contributed by atoms with Crippen LogP contribution in [-0.2, 0) is 26.9 Å². The van der Waals surface area contributed by atoms with E-state index in [9.17, 15) is 18.7 Å². The Morgan fingerprint density at radius 1 is 1.29 bits per heavy atom. The lowest BCUT2D eigenvalue weighted by atomic mass is 9.91. The van der Waals surface area contributed by atoms with Crippen LogP contribution in [0.5, 0.6) is 0 Å². The fourth-order valence-corrected chi connectivity index (χ4v) is 4.29. The van der Waals surface area contributed by atoms with Gasteiger partial charge in [-0.3, -0.25) is 9.00 Å². The number of benzene rings is 2. The van der Waals surface area contributed by atoms with E-state index in [4.69, 9.17) is 0 Å². The van der Waals surface area contributed by atoms with E-state index in [1.807, 2.05) is 56.3 Å². The van der Waals surface area contributed by atoms with Crippen molar-refractivity contribution in [1.82, 2.24) is 5.32 Å². The number of aliphatic hydroxyl groups is 1. The Balaban J connectivity index is 1.63. The molecule has 3 unspecified atom stereocenters. The fraction of sp³-hybridized carbons (Fsp3) is 0.458. The predicted octanol–water partition coefficient (Wildman–Crippen LogP) is 3.63. The highest BCUT2D eigenvalue weighted by Crippen LogP contribution is 2.54. The second kappa shape index (κ2) is 8.73. The molecule has 4 atom stereocenters. The molecular formula is C24H31N2O4S-. The molecule has 0 aromatic heterocycles. The third kappa shape index (κ3) is 5.34. The van der Waals surface area contributed by atoms with Gasteiger partial charge < -0.3 is 20.3 Å². The summed E-state index contributed by atoms with van der Waals surface area (Å²) in [7, 11) is 0. The zero-order valence-electron chi connectivity index (χ0n) is 18.7. The van der Waals surface area contributed by atoms with Crippen LogP contribution in [0.2, 0.25) is 0 Å². The molecular weight excluding hydrogens is 412 g/mol. The van der Waals surface area contributed by atoms with Gasteiger partial charge in [0.05, 0.1) is 17.5 Å². The van der Waals surface area contributed by atoms with Crippen LogP contribution >= 0.6 is 0 Å². The molecule has 1 fully saturated rings. The van der Waals surface area contributed by atoms with E-state index >= 15 is 0 Å². The molecule has 31 heavy (non-hydrogen) atoms. The van der Waals surface area contributed by atoms with Gasteiger partial charge in [0, 0.05) is 17.0 Å². The molecule has 0 spiro atoms. The molecule has 7 heteroatoms. The molecule has 1 aliphatic rings.